The summed E-state index contributed by atoms with van der Waals surface area (Å²) in [6.07, 6.45) is 1.39. The smallest absolute Gasteiger partial charge is 0.407 e. The third kappa shape index (κ3) is 8.73. The lowest BCUT2D eigenvalue weighted by atomic mass is 10.1. The average molecular weight is 246 g/mol. The van der Waals surface area contributed by atoms with Gasteiger partial charge in [-0.1, -0.05) is 26.6 Å². The number of carbonyl (C=O) groups is 1. The molecule has 0 aliphatic rings. The highest BCUT2D eigenvalue weighted by atomic mass is 28.3. The molecular formula is C11H26N2O2Si. The summed E-state index contributed by atoms with van der Waals surface area (Å²) in [7, 11) is -1.11. The van der Waals surface area contributed by atoms with Crippen LogP contribution in [0.25, 0.3) is 0 Å². The van der Waals surface area contributed by atoms with Crippen LogP contribution in [0, 0.1) is 0 Å². The monoisotopic (exact) mass is 246 g/mol. The van der Waals surface area contributed by atoms with Crippen molar-refractivity contribution < 1.29 is 9.53 Å². The summed E-state index contributed by atoms with van der Waals surface area (Å²) in [5, 5.41) is 2.83. The Kier molecular flexibility index (Phi) is 7.41. The van der Waals surface area contributed by atoms with Crippen LogP contribution >= 0.6 is 0 Å². The van der Waals surface area contributed by atoms with Gasteiger partial charge >= 0.3 is 6.09 Å². The summed E-state index contributed by atoms with van der Waals surface area (Å²) < 4.78 is 5.14. The zero-order valence-electron chi connectivity index (χ0n) is 11.0. The first-order chi connectivity index (χ1) is 7.39. The second kappa shape index (κ2) is 7.68. The Labute approximate surface area is 99.9 Å². The lowest BCUT2D eigenvalue weighted by Gasteiger charge is -2.18. The van der Waals surface area contributed by atoms with Crippen LogP contribution in [0.4, 0.5) is 4.79 Å². The van der Waals surface area contributed by atoms with Crippen LogP contribution < -0.4 is 11.1 Å². The molecule has 0 unspecified atom stereocenters. The lowest BCUT2D eigenvalue weighted by molar-refractivity contribution is 0.147. The fourth-order valence-corrected chi connectivity index (χ4v) is 1.95. The minimum Gasteiger partial charge on any atom is -0.450 e. The van der Waals surface area contributed by atoms with Crippen LogP contribution in [0.5, 0.6) is 0 Å². The maximum Gasteiger partial charge on any atom is 0.407 e. The number of amides is 1. The lowest BCUT2D eigenvalue weighted by Crippen LogP contribution is -2.37. The van der Waals surface area contributed by atoms with Gasteiger partial charge in [-0.25, -0.2) is 4.79 Å². The van der Waals surface area contributed by atoms with Gasteiger partial charge in [0, 0.05) is 14.1 Å². The highest BCUT2D eigenvalue weighted by molar-refractivity contribution is 6.76. The Morgan fingerprint density at radius 1 is 1.44 bits per heavy atom. The van der Waals surface area contributed by atoms with Gasteiger partial charge in [0.25, 0.3) is 0 Å². The van der Waals surface area contributed by atoms with Gasteiger partial charge in [-0.2, -0.15) is 0 Å². The number of hydrogen-bond acceptors (Lipinski definition) is 3. The van der Waals surface area contributed by atoms with Crippen molar-refractivity contribution in [1.29, 1.82) is 0 Å². The number of carbonyl (C=O) groups excluding carboxylic acids is 1. The van der Waals surface area contributed by atoms with Gasteiger partial charge in [0.1, 0.15) is 0 Å². The first kappa shape index (κ1) is 15.4. The Balaban J connectivity index is 3.72. The van der Waals surface area contributed by atoms with E-state index in [0.29, 0.717) is 13.2 Å². The van der Waals surface area contributed by atoms with Crippen molar-refractivity contribution in [3.8, 4) is 0 Å². The van der Waals surface area contributed by atoms with E-state index in [2.05, 4.69) is 25.0 Å². The topological polar surface area (TPSA) is 64.3 Å². The molecule has 0 saturated carbocycles. The van der Waals surface area contributed by atoms with Crippen LogP contribution in [0.1, 0.15) is 19.8 Å². The maximum atomic E-state index is 11.4. The highest BCUT2D eigenvalue weighted by Gasteiger charge is 2.15. The number of nitrogens with two attached hydrogens (primary N) is 1. The van der Waals surface area contributed by atoms with E-state index < -0.39 is 8.07 Å². The molecule has 0 aromatic heterocycles. The molecule has 0 spiro atoms. The molecule has 0 aliphatic heterocycles. The zero-order valence-corrected chi connectivity index (χ0v) is 12.0. The predicted octanol–water partition coefficient (Wildman–Crippen LogP) is 2.18. The molecule has 0 fully saturated rings. The Bertz CT molecular complexity index is 205. The zero-order chi connectivity index (χ0) is 12.6. The molecule has 1 amide bonds. The second-order valence-electron chi connectivity index (χ2n) is 5.27. The van der Waals surface area contributed by atoms with E-state index >= 15 is 0 Å². The quantitative estimate of drug-likeness (QED) is 0.677. The molecule has 96 valence electrons. The van der Waals surface area contributed by atoms with E-state index in [0.717, 1.165) is 18.9 Å². The van der Waals surface area contributed by atoms with Crippen molar-refractivity contribution in [3.05, 3.63) is 0 Å². The third-order valence-corrected chi connectivity index (χ3v) is 4.12. The minimum absolute atomic E-state index is 0.143. The van der Waals surface area contributed by atoms with Gasteiger partial charge in [-0.05, 0) is 25.4 Å². The molecule has 1 atom stereocenters. The largest absolute Gasteiger partial charge is 0.450 e. The van der Waals surface area contributed by atoms with Crippen LogP contribution in [0.2, 0.25) is 25.7 Å². The number of rotatable bonds is 7. The van der Waals surface area contributed by atoms with Gasteiger partial charge in [0.05, 0.1) is 6.61 Å². The molecule has 3 N–H and O–H groups in total. The second-order valence-corrected chi connectivity index (χ2v) is 10.9. The number of ether oxygens (including phenoxy) is 1. The number of hydrogen-bond donors (Lipinski definition) is 2. The summed E-state index contributed by atoms with van der Waals surface area (Å²) in [6, 6.07) is 1.15. The molecule has 0 heterocycles. The first-order valence-electron chi connectivity index (χ1n) is 6.02. The van der Waals surface area contributed by atoms with E-state index in [4.69, 9.17) is 10.5 Å². The molecule has 16 heavy (non-hydrogen) atoms. The fraction of sp³-hybridized carbons (Fsp3) is 0.909. The van der Waals surface area contributed by atoms with Crippen LogP contribution in [0.3, 0.4) is 0 Å². The van der Waals surface area contributed by atoms with Crippen LogP contribution in [0.15, 0.2) is 0 Å². The van der Waals surface area contributed by atoms with Crippen molar-refractivity contribution in [1.82, 2.24) is 5.32 Å². The number of nitrogens with one attached hydrogen (secondary N) is 1. The normalized spacial score (nSPS) is 13.3. The summed E-state index contributed by atoms with van der Waals surface area (Å²) in [4.78, 5) is 11.4. The van der Waals surface area contributed by atoms with Crippen molar-refractivity contribution in [2.75, 3.05) is 13.2 Å². The first-order valence-corrected chi connectivity index (χ1v) is 9.73. The van der Waals surface area contributed by atoms with E-state index in [9.17, 15) is 4.79 Å². The summed E-state index contributed by atoms with van der Waals surface area (Å²) in [5.41, 5.74) is 5.45. The maximum absolute atomic E-state index is 11.4. The van der Waals surface area contributed by atoms with Crippen molar-refractivity contribution in [2.24, 2.45) is 5.73 Å². The molecule has 0 rings (SSSR count). The molecular weight excluding hydrogens is 220 g/mol. The van der Waals surface area contributed by atoms with Gasteiger partial charge in [-0.3, -0.25) is 0 Å². The van der Waals surface area contributed by atoms with E-state index in [1.54, 1.807) is 0 Å². The minimum atomic E-state index is -1.11. The van der Waals surface area contributed by atoms with Gasteiger partial charge in [0.2, 0.25) is 0 Å². The summed E-state index contributed by atoms with van der Waals surface area (Å²) in [5.74, 6) is 0. The molecule has 0 aliphatic carbocycles. The predicted molar refractivity (Wildman–Crippen MR) is 70.4 cm³/mol. The van der Waals surface area contributed by atoms with E-state index in [1.807, 2.05) is 6.92 Å². The molecule has 0 bridgehead atoms. The Morgan fingerprint density at radius 2 is 2.06 bits per heavy atom. The molecule has 4 nitrogen and oxygen atoms in total. The van der Waals surface area contributed by atoms with Crippen molar-refractivity contribution in [3.63, 3.8) is 0 Å². The number of alkyl carbamates (subject to hydrolysis) is 1. The highest BCUT2D eigenvalue weighted by Crippen LogP contribution is 2.07. The Morgan fingerprint density at radius 3 is 2.50 bits per heavy atom. The van der Waals surface area contributed by atoms with Gasteiger partial charge in [0.15, 0.2) is 0 Å². The standard InChI is InChI=1S/C11H26N2O2Si/c1-5-10(6-7-12)13-11(14)15-8-9-16(2,3)4/h10H,5-9,12H2,1-4H3,(H,13,14)/t10-/m0/s1. The van der Waals surface area contributed by atoms with E-state index in [-0.39, 0.29) is 12.1 Å². The van der Waals surface area contributed by atoms with Crippen molar-refractivity contribution >= 4 is 14.2 Å². The van der Waals surface area contributed by atoms with Crippen LogP contribution in [-0.4, -0.2) is 33.4 Å². The SMILES string of the molecule is CC[C@@H](CCN)NC(=O)OCC[Si](C)(C)C. The summed E-state index contributed by atoms with van der Waals surface area (Å²) >= 11 is 0. The van der Waals surface area contributed by atoms with Crippen LogP contribution in [-0.2, 0) is 4.74 Å². The molecule has 0 saturated heterocycles. The molecule has 0 radical (unpaired) electrons. The fourth-order valence-electron chi connectivity index (χ4n) is 1.24. The van der Waals surface area contributed by atoms with Crippen molar-refractivity contribution in [2.45, 2.75) is 51.5 Å². The summed E-state index contributed by atoms with van der Waals surface area (Å²) in [6.45, 7) is 9.93. The van der Waals surface area contributed by atoms with Gasteiger partial charge < -0.3 is 15.8 Å². The molecule has 0 aromatic rings. The van der Waals surface area contributed by atoms with Gasteiger partial charge in [-0.15, -0.1) is 0 Å². The molecule has 0 aromatic carbocycles. The Hall–Kier alpha value is -0.553. The third-order valence-electron chi connectivity index (χ3n) is 2.42. The van der Waals surface area contributed by atoms with E-state index in [1.165, 1.54) is 0 Å². The average Bonchev–Trinajstić information content (AvgIpc) is 2.15. The molecule has 5 heteroatoms.